The molecule has 3 rings (SSSR count). The van der Waals surface area contributed by atoms with Crippen molar-refractivity contribution in [3.05, 3.63) is 35.9 Å². The Balaban J connectivity index is 1.63. The first kappa shape index (κ1) is 13.1. The number of rotatable bonds is 4. The van der Waals surface area contributed by atoms with Gasteiger partial charge in [-0.2, -0.15) is 0 Å². The smallest absolute Gasteiger partial charge is 0.0736 e. The Labute approximate surface area is 115 Å². The van der Waals surface area contributed by atoms with E-state index in [1.807, 2.05) is 18.2 Å². The summed E-state index contributed by atoms with van der Waals surface area (Å²) in [6, 6.07) is 10.3. The molecule has 2 N–H and O–H groups in total. The van der Waals surface area contributed by atoms with Gasteiger partial charge in [-0.05, 0) is 37.7 Å². The number of aliphatic hydroxyl groups is 2. The van der Waals surface area contributed by atoms with Crippen LogP contribution in [0, 0.1) is 5.41 Å². The van der Waals surface area contributed by atoms with Crippen LogP contribution in [0.25, 0.3) is 0 Å². The van der Waals surface area contributed by atoms with Crippen LogP contribution < -0.4 is 0 Å². The van der Waals surface area contributed by atoms with Gasteiger partial charge in [0.05, 0.1) is 11.7 Å². The Morgan fingerprint density at radius 2 is 1.79 bits per heavy atom. The lowest BCUT2D eigenvalue weighted by atomic mass is 9.86. The molecule has 2 aliphatic rings. The molecule has 0 amide bonds. The average molecular weight is 260 g/mol. The Morgan fingerprint density at radius 3 is 2.58 bits per heavy atom. The zero-order valence-corrected chi connectivity index (χ0v) is 11.5. The van der Waals surface area contributed by atoms with Crippen molar-refractivity contribution >= 4 is 0 Å². The van der Waals surface area contributed by atoms with Gasteiger partial charge in [0.2, 0.25) is 0 Å². The SMILES string of the molecule is O[C@H](CCc1ccccc1)[C@@]12CCCCC[C@]1(O)C2. The molecule has 2 nitrogen and oxygen atoms in total. The Hall–Kier alpha value is -0.860. The van der Waals surface area contributed by atoms with Crippen molar-refractivity contribution in [3.63, 3.8) is 0 Å². The van der Waals surface area contributed by atoms with Crippen LogP contribution in [0.1, 0.15) is 50.5 Å². The van der Waals surface area contributed by atoms with Gasteiger partial charge in [-0.1, -0.05) is 49.6 Å². The van der Waals surface area contributed by atoms with Crippen LogP contribution in [0.5, 0.6) is 0 Å². The monoisotopic (exact) mass is 260 g/mol. The van der Waals surface area contributed by atoms with E-state index in [2.05, 4.69) is 12.1 Å². The number of hydrogen-bond acceptors (Lipinski definition) is 2. The molecule has 0 unspecified atom stereocenters. The maximum atomic E-state index is 10.6. The molecule has 3 atom stereocenters. The second-order valence-electron chi connectivity index (χ2n) is 6.47. The zero-order valence-electron chi connectivity index (χ0n) is 11.5. The van der Waals surface area contributed by atoms with Crippen molar-refractivity contribution in [2.75, 3.05) is 0 Å². The van der Waals surface area contributed by atoms with Gasteiger partial charge in [0, 0.05) is 5.41 Å². The van der Waals surface area contributed by atoms with Crippen LogP contribution >= 0.6 is 0 Å². The van der Waals surface area contributed by atoms with Crippen molar-refractivity contribution in [2.45, 2.75) is 63.1 Å². The molecule has 2 heteroatoms. The van der Waals surface area contributed by atoms with Gasteiger partial charge in [0.25, 0.3) is 0 Å². The largest absolute Gasteiger partial charge is 0.392 e. The van der Waals surface area contributed by atoms with Gasteiger partial charge >= 0.3 is 0 Å². The number of fused-ring (bicyclic) bond motifs is 1. The van der Waals surface area contributed by atoms with Crippen LogP contribution in [0.15, 0.2) is 30.3 Å². The Morgan fingerprint density at radius 1 is 1.05 bits per heavy atom. The molecule has 0 spiro atoms. The van der Waals surface area contributed by atoms with Crippen molar-refractivity contribution in [1.29, 1.82) is 0 Å². The molecule has 104 valence electrons. The Kier molecular flexibility index (Phi) is 3.40. The molecule has 0 saturated heterocycles. The minimum Gasteiger partial charge on any atom is -0.392 e. The average Bonchev–Trinajstić information content (AvgIpc) is 3.05. The van der Waals surface area contributed by atoms with E-state index in [4.69, 9.17) is 0 Å². The van der Waals surface area contributed by atoms with E-state index in [1.54, 1.807) is 0 Å². The summed E-state index contributed by atoms with van der Waals surface area (Å²) in [6.07, 6.45) is 7.50. The molecule has 0 aliphatic heterocycles. The van der Waals surface area contributed by atoms with E-state index in [9.17, 15) is 10.2 Å². The van der Waals surface area contributed by atoms with Crippen LogP contribution in [0.4, 0.5) is 0 Å². The van der Waals surface area contributed by atoms with E-state index in [0.717, 1.165) is 44.9 Å². The van der Waals surface area contributed by atoms with Gasteiger partial charge < -0.3 is 10.2 Å². The highest BCUT2D eigenvalue weighted by Crippen LogP contribution is 2.65. The van der Waals surface area contributed by atoms with Crippen molar-refractivity contribution in [1.82, 2.24) is 0 Å². The Bertz CT molecular complexity index is 430. The molecule has 0 aromatic heterocycles. The van der Waals surface area contributed by atoms with Gasteiger partial charge in [-0.15, -0.1) is 0 Å². The molecule has 0 heterocycles. The van der Waals surface area contributed by atoms with Crippen LogP contribution in [-0.4, -0.2) is 21.9 Å². The summed E-state index contributed by atoms with van der Waals surface area (Å²) >= 11 is 0. The quantitative estimate of drug-likeness (QED) is 0.873. The maximum Gasteiger partial charge on any atom is 0.0736 e. The van der Waals surface area contributed by atoms with Crippen LogP contribution in [0.2, 0.25) is 0 Å². The van der Waals surface area contributed by atoms with Crippen molar-refractivity contribution in [3.8, 4) is 0 Å². The normalized spacial score (nSPS) is 35.3. The first-order chi connectivity index (χ1) is 9.16. The summed E-state index contributed by atoms with van der Waals surface area (Å²) in [5.74, 6) is 0. The molecule has 0 radical (unpaired) electrons. The van der Waals surface area contributed by atoms with Crippen molar-refractivity contribution in [2.24, 2.45) is 5.41 Å². The predicted molar refractivity (Wildman–Crippen MR) is 75.9 cm³/mol. The standard InChI is InChI=1S/C17H24O2/c18-15(10-9-14-7-3-1-4-8-14)16-11-5-2-6-12-17(16,19)13-16/h1,3-4,7-8,15,18-19H,2,5-6,9-13H2/t15-,16+,17+/m1/s1. The first-order valence-corrected chi connectivity index (χ1v) is 7.61. The molecule has 1 aromatic rings. The highest BCUT2D eigenvalue weighted by molar-refractivity contribution is 5.21. The number of benzene rings is 1. The second-order valence-corrected chi connectivity index (χ2v) is 6.47. The van der Waals surface area contributed by atoms with E-state index in [0.29, 0.717) is 0 Å². The molecule has 19 heavy (non-hydrogen) atoms. The summed E-state index contributed by atoms with van der Waals surface area (Å²) in [5, 5.41) is 21.2. The number of aliphatic hydroxyl groups excluding tert-OH is 1. The summed E-state index contributed by atoms with van der Waals surface area (Å²) in [7, 11) is 0. The molecular weight excluding hydrogens is 236 g/mol. The van der Waals surface area contributed by atoms with Crippen LogP contribution in [0.3, 0.4) is 0 Å². The minimum absolute atomic E-state index is 0.182. The van der Waals surface area contributed by atoms with Gasteiger partial charge in [0.1, 0.15) is 0 Å². The lowest BCUT2D eigenvalue weighted by Gasteiger charge is -2.25. The first-order valence-electron chi connectivity index (χ1n) is 7.61. The third-order valence-corrected chi connectivity index (χ3v) is 5.31. The summed E-state index contributed by atoms with van der Waals surface area (Å²) in [6.45, 7) is 0. The summed E-state index contributed by atoms with van der Waals surface area (Å²) in [4.78, 5) is 0. The van der Waals surface area contributed by atoms with Gasteiger partial charge in [-0.3, -0.25) is 0 Å². The fourth-order valence-corrected chi connectivity index (χ4v) is 3.99. The zero-order chi connectivity index (χ0) is 13.3. The molecule has 2 saturated carbocycles. The molecule has 1 aromatic carbocycles. The molecule has 2 fully saturated rings. The van der Waals surface area contributed by atoms with E-state index in [-0.39, 0.29) is 11.5 Å². The summed E-state index contributed by atoms with van der Waals surface area (Å²) in [5.41, 5.74) is 0.536. The number of hydrogen-bond donors (Lipinski definition) is 2. The van der Waals surface area contributed by atoms with Crippen molar-refractivity contribution < 1.29 is 10.2 Å². The minimum atomic E-state index is -0.556. The fraction of sp³-hybridized carbons (Fsp3) is 0.647. The topological polar surface area (TPSA) is 40.5 Å². The third kappa shape index (κ3) is 2.32. The van der Waals surface area contributed by atoms with E-state index >= 15 is 0 Å². The fourth-order valence-electron chi connectivity index (χ4n) is 3.99. The lowest BCUT2D eigenvalue weighted by molar-refractivity contribution is 0.00488. The van der Waals surface area contributed by atoms with E-state index < -0.39 is 5.60 Å². The maximum absolute atomic E-state index is 10.6. The highest BCUT2D eigenvalue weighted by atomic mass is 16.3. The predicted octanol–water partition coefficient (Wildman–Crippen LogP) is 3.07. The second kappa shape index (κ2) is 4.92. The third-order valence-electron chi connectivity index (χ3n) is 5.31. The highest BCUT2D eigenvalue weighted by Gasteiger charge is 2.69. The molecule has 2 aliphatic carbocycles. The summed E-state index contributed by atoms with van der Waals surface area (Å²) < 4.78 is 0. The van der Waals surface area contributed by atoms with Gasteiger partial charge in [0.15, 0.2) is 0 Å². The molecular formula is C17H24O2. The number of aryl methyl sites for hydroxylation is 1. The van der Waals surface area contributed by atoms with Gasteiger partial charge in [-0.25, -0.2) is 0 Å². The van der Waals surface area contributed by atoms with Crippen LogP contribution in [-0.2, 0) is 6.42 Å². The lowest BCUT2D eigenvalue weighted by Crippen LogP contribution is -2.31. The molecule has 0 bridgehead atoms. The van der Waals surface area contributed by atoms with E-state index in [1.165, 1.54) is 12.0 Å².